The van der Waals surface area contributed by atoms with Gasteiger partial charge in [0.1, 0.15) is 12.4 Å². The van der Waals surface area contributed by atoms with Crippen molar-refractivity contribution < 1.29 is 17.6 Å². The summed E-state index contributed by atoms with van der Waals surface area (Å²) in [6.45, 7) is 1.41. The molecule has 0 aliphatic carbocycles. The molecule has 0 aliphatic heterocycles. The molecule has 6 nitrogen and oxygen atoms in total. The van der Waals surface area contributed by atoms with E-state index in [1.165, 1.54) is 23.5 Å². The third-order valence-corrected chi connectivity index (χ3v) is 5.85. The number of halogens is 1. The first-order valence-corrected chi connectivity index (χ1v) is 11.0. The van der Waals surface area contributed by atoms with E-state index >= 15 is 0 Å². The number of anilines is 2. The van der Waals surface area contributed by atoms with Crippen LogP contribution in [0.4, 0.5) is 15.2 Å². The van der Waals surface area contributed by atoms with Gasteiger partial charge in [-0.3, -0.25) is 9.10 Å². The van der Waals surface area contributed by atoms with Crippen molar-refractivity contribution in [3.63, 3.8) is 0 Å². The van der Waals surface area contributed by atoms with Crippen molar-refractivity contribution >= 4 is 38.1 Å². The maximum absolute atomic E-state index is 13.0. The zero-order valence-electron chi connectivity index (χ0n) is 15.2. The number of nitrogens with zero attached hydrogens (tertiary/aromatic N) is 2. The van der Waals surface area contributed by atoms with E-state index in [1.807, 2.05) is 0 Å². The Labute approximate surface area is 166 Å². The molecule has 1 heterocycles. The summed E-state index contributed by atoms with van der Waals surface area (Å²) in [5.74, 6) is -0.849. The van der Waals surface area contributed by atoms with Crippen LogP contribution in [0.3, 0.4) is 0 Å². The molecule has 1 aromatic heterocycles. The molecular formula is C19H18FN3O3S2. The number of amides is 1. The summed E-state index contributed by atoms with van der Waals surface area (Å²) in [6, 6.07) is 12.8. The lowest BCUT2D eigenvalue weighted by molar-refractivity contribution is -0.114. The monoisotopic (exact) mass is 419 g/mol. The first kappa shape index (κ1) is 20.0. The number of benzene rings is 2. The maximum atomic E-state index is 13.0. The van der Waals surface area contributed by atoms with Gasteiger partial charge < -0.3 is 5.32 Å². The van der Waals surface area contributed by atoms with E-state index < -0.39 is 15.9 Å². The number of aromatic nitrogens is 1. The summed E-state index contributed by atoms with van der Waals surface area (Å²) >= 11 is 1.21. The molecule has 3 aromatic rings. The minimum atomic E-state index is -3.65. The Morgan fingerprint density at radius 3 is 2.50 bits per heavy atom. The fourth-order valence-electron chi connectivity index (χ4n) is 2.60. The Kier molecular flexibility index (Phi) is 5.76. The highest BCUT2D eigenvalue weighted by Gasteiger charge is 2.22. The van der Waals surface area contributed by atoms with Gasteiger partial charge in [0.15, 0.2) is 5.13 Å². The summed E-state index contributed by atoms with van der Waals surface area (Å²) in [7, 11) is -3.65. The number of hydrogen-bond donors (Lipinski definition) is 1. The Balaban J connectivity index is 1.75. The van der Waals surface area contributed by atoms with Crippen molar-refractivity contribution in [2.75, 3.05) is 22.4 Å². The van der Waals surface area contributed by atoms with Crippen molar-refractivity contribution in [2.45, 2.75) is 6.92 Å². The van der Waals surface area contributed by atoms with Gasteiger partial charge in [0.25, 0.3) is 0 Å². The average Bonchev–Trinajstić information content (AvgIpc) is 3.08. The van der Waals surface area contributed by atoms with Gasteiger partial charge in [-0.05, 0) is 42.8 Å². The lowest BCUT2D eigenvalue weighted by Gasteiger charge is -2.23. The second kappa shape index (κ2) is 8.07. The summed E-state index contributed by atoms with van der Waals surface area (Å²) in [5, 5.41) is 4.69. The average molecular weight is 420 g/mol. The first-order valence-electron chi connectivity index (χ1n) is 8.29. The number of thiazole rings is 1. The highest BCUT2D eigenvalue weighted by atomic mass is 32.2. The van der Waals surface area contributed by atoms with Gasteiger partial charge in [0.05, 0.1) is 17.6 Å². The van der Waals surface area contributed by atoms with Crippen LogP contribution in [-0.4, -0.2) is 32.1 Å². The molecule has 0 spiro atoms. The maximum Gasteiger partial charge on any atom is 0.246 e. The molecule has 0 bridgehead atoms. The van der Waals surface area contributed by atoms with Crippen LogP contribution in [0.15, 0.2) is 53.9 Å². The zero-order valence-corrected chi connectivity index (χ0v) is 16.8. The van der Waals surface area contributed by atoms with Crippen LogP contribution in [-0.2, 0) is 14.8 Å². The van der Waals surface area contributed by atoms with E-state index in [2.05, 4.69) is 10.3 Å². The fraction of sp³-hybridized carbons (Fsp3) is 0.158. The SMILES string of the molecule is Cc1ccccc1N(CC(=O)Nc1nc(-c2ccc(F)cc2)cs1)S(C)(=O)=O. The molecule has 28 heavy (non-hydrogen) atoms. The van der Waals surface area contributed by atoms with Gasteiger partial charge in [-0.15, -0.1) is 11.3 Å². The number of nitrogens with one attached hydrogen (secondary N) is 1. The number of carbonyl (C=O) groups excluding carboxylic acids is 1. The Morgan fingerprint density at radius 1 is 1.18 bits per heavy atom. The van der Waals surface area contributed by atoms with Crippen molar-refractivity contribution in [2.24, 2.45) is 0 Å². The normalized spacial score (nSPS) is 11.2. The largest absolute Gasteiger partial charge is 0.300 e. The predicted octanol–water partition coefficient (Wildman–Crippen LogP) is 3.66. The fourth-order valence-corrected chi connectivity index (χ4v) is 4.25. The van der Waals surface area contributed by atoms with Crippen LogP contribution in [0.5, 0.6) is 0 Å². The van der Waals surface area contributed by atoms with Crippen LogP contribution in [0.1, 0.15) is 5.56 Å². The zero-order chi connectivity index (χ0) is 20.3. The standard InChI is InChI=1S/C19H18FN3O3S2/c1-13-5-3-4-6-17(13)23(28(2,25)26)11-18(24)22-19-21-16(12-27-19)14-7-9-15(20)10-8-14/h3-10,12H,11H2,1-2H3,(H,21,22,24). The molecule has 9 heteroatoms. The molecule has 0 fully saturated rings. The van der Waals surface area contributed by atoms with Crippen LogP contribution < -0.4 is 9.62 Å². The summed E-state index contributed by atoms with van der Waals surface area (Å²) in [6.07, 6.45) is 1.06. The number of hydrogen-bond acceptors (Lipinski definition) is 5. The quantitative estimate of drug-likeness (QED) is 0.661. The second-order valence-corrected chi connectivity index (χ2v) is 8.91. The molecule has 3 rings (SSSR count). The number of aryl methyl sites for hydroxylation is 1. The minimum Gasteiger partial charge on any atom is -0.300 e. The molecule has 146 valence electrons. The number of rotatable bonds is 6. The van der Waals surface area contributed by atoms with Gasteiger partial charge in [-0.25, -0.2) is 17.8 Å². The second-order valence-electron chi connectivity index (χ2n) is 6.15. The highest BCUT2D eigenvalue weighted by molar-refractivity contribution is 7.92. The van der Waals surface area contributed by atoms with E-state index in [0.717, 1.165) is 21.7 Å². The Hall–Kier alpha value is -2.78. The molecule has 2 aromatic carbocycles. The Morgan fingerprint density at radius 2 is 1.86 bits per heavy atom. The van der Waals surface area contributed by atoms with E-state index in [4.69, 9.17) is 0 Å². The molecule has 0 saturated carbocycles. The van der Waals surface area contributed by atoms with Gasteiger partial charge in [-0.2, -0.15) is 0 Å². The molecule has 1 amide bonds. The van der Waals surface area contributed by atoms with E-state index in [0.29, 0.717) is 16.5 Å². The predicted molar refractivity (Wildman–Crippen MR) is 110 cm³/mol. The highest BCUT2D eigenvalue weighted by Crippen LogP contribution is 2.26. The van der Waals surface area contributed by atoms with Crippen molar-refractivity contribution in [3.05, 3.63) is 65.3 Å². The third kappa shape index (κ3) is 4.73. The molecule has 0 radical (unpaired) electrons. The van der Waals surface area contributed by atoms with Crippen molar-refractivity contribution in [1.29, 1.82) is 0 Å². The molecule has 0 unspecified atom stereocenters. The number of sulfonamides is 1. The van der Waals surface area contributed by atoms with Gasteiger partial charge in [-0.1, -0.05) is 18.2 Å². The van der Waals surface area contributed by atoms with Crippen molar-refractivity contribution in [1.82, 2.24) is 4.98 Å². The number of carbonyl (C=O) groups is 1. The van der Waals surface area contributed by atoms with Crippen LogP contribution >= 0.6 is 11.3 Å². The molecule has 0 saturated heterocycles. The smallest absolute Gasteiger partial charge is 0.246 e. The van der Waals surface area contributed by atoms with Crippen molar-refractivity contribution in [3.8, 4) is 11.3 Å². The topological polar surface area (TPSA) is 79.4 Å². The Bertz CT molecular complexity index is 1100. The summed E-state index contributed by atoms with van der Waals surface area (Å²) < 4.78 is 38.5. The van der Waals surface area contributed by atoms with E-state index in [-0.39, 0.29) is 12.4 Å². The summed E-state index contributed by atoms with van der Waals surface area (Å²) in [5.41, 5.74) is 2.51. The van der Waals surface area contributed by atoms with E-state index in [9.17, 15) is 17.6 Å². The van der Waals surface area contributed by atoms with E-state index in [1.54, 1.807) is 48.7 Å². The van der Waals surface area contributed by atoms with Gasteiger partial charge >= 0.3 is 0 Å². The lowest BCUT2D eigenvalue weighted by Crippen LogP contribution is -2.37. The van der Waals surface area contributed by atoms with Gasteiger partial charge in [0.2, 0.25) is 15.9 Å². The minimum absolute atomic E-state index is 0.336. The molecular weight excluding hydrogens is 401 g/mol. The lowest BCUT2D eigenvalue weighted by atomic mass is 10.2. The molecule has 0 aliphatic rings. The third-order valence-electron chi connectivity index (χ3n) is 3.96. The molecule has 1 N–H and O–H groups in total. The van der Waals surface area contributed by atoms with Crippen LogP contribution in [0.25, 0.3) is 11.3 Å². The van der Waals surface area contributed by atoms with Crippen LogP contribution in [0.2, 0.25) is 0 Å². The van der Waals surface area contributed by atoms with Crippen LogP contribution in [0, 0.1) is 12.7 Å². The van der Waals surface area contributed by atoms with Gasteiger partial charge in [0, 0.05) is 10.9 Å². The summed E-state index contributed by atoms with van der Waals surface area (Å²) in [4.78, 5) is 16.8. The first-order chi connectivity index (χ1) is 13.2. The molecule has 0 atom stereocenters. The number of para-hydroxylation sites is 1.